The van der Waals surface area contributed by atoms with Crippen LogP contribution >= 0.6 is 23.2 Å². The van der Waals surface area contributed by atoms with Gasteiger partial charge in [0.1, 0.15) is 18.0 Å². The normalized spacial score (nSPS) is 11.6. The molecule has 13 nitrogen and oxygen atoms in total. The number of nitrogens with zero attached hydrogens (tertiary/aromatic N) is 7. The number of hydroxylamine groups is 1. The summed E-state index contributed by atoms with van der Waals surface area (Å²) >= 11 is 13.1. The molecule has 2 N–H and O–H groups in total. The van der Waals surface area contributed by atoms with E-state index in [2.05, 4.69) is 76.1 Å². The second-order valence-corrected chi connectivity index (χ2v) is 21.9. The average Bonchev–Trinajstić information content (AvgIpc) is 1.55. The van der Waals surface area contributed by atoms with E-state index in [4.69, 9.17) is 64.9 Å². The number of H-pyrrole nitrogens is 2. The third kappa shape index (κ3) is 10.5. The molecule has 0 saturated heterocycles. The molecule has 430 valence electrons. The number of rotatable bonds is 16. The number of hydrogen-bond donors (Lipinski definition) is 2. The molecule has 13 aromatic rings. The number of methoxy groups -OCH3 is 2. The Kier molecular flexibility index (Phi) is 15.5. The Morgan fingerprint density at radius 1 is 0.545 bits per heavy atom. The van der Waals surface area contributed by atoms with Crippen molar-refractivity contribution in [2.45, 2.75) is 20.0 Å². The molecule has 2 radical (unpaired) electrons. The van der Waals surface area contributed by atoms with E-state index in [1.165, 1.54) is 17.6 Å². The lowest BCUT2D eigenvalue weighted by Gasteiger charge is -2.25. The van der Waals surface area contributed by atoms with E-state index >= 15 is 0 Å². The molecule has 0 aliphatic heterocycles. The van der Waals surface area contributed by atoms with Gasteiger partial charge in [0.15, 0.2) is 11.5 Å². The number of benzene rings is 11. The minimum Gasteiger partial charge on any atom is -0.494 e. The lowest BCUT2D eigenvalue weighted by atomic mass is 9.99. The van der Waals surface area contributed by atoms with Crippen LogP contribution in [-0.2, 0) is 17.9 Å². The van der Waals surface area contributed by atoms with Gasteiger partial charge in [0, 0.05) is 95.7 Å². The second kappa shape index (κ2) is 24.1. The predicted molar refractivity (Wildman–Crippen MR) is 359 cm³/mol. The van der Waals surface area contributed by atoms with E-state index in [0.717, 1.165) is 99.9 Å². The SMILES string of the molecule is [CH]C#Cc1ccccc1N(C)C(=O)c1cc2ccc3c4cc(Cl)ccc4[nH]c3c2c(N=Nc2ccc(N(c3ccccc3)c3ccc(N=Nc4c(OC)c(CON(C)c5ccccc5CC)cc5ccc6c7cc(Cl)ccc7[nH]c6c45)cc3)cc2)c1OC. The summed E-state index contributed by atoms with van der Waals surface area (Å²) in [7, 11) is 6.79. The lowest BCUT2D eigenvalue weighted by Crippen LogP contribution is -2.27. The Morgan fingerprint density at radius 3 is 1.64 bits per heavy atom. The highest BCUT2D eigenvalue weighted by molar-refractivity contribution is 6.33. The second-order valence-electron chi connectivity index (χ2n) is 21.0. The first-order valence-electron chi connectivity index (χ1n) is 28.4. The van der Waals surface area contributed by atoms with Crippen LogP contribution < -0.4 is 24.3 Å². The predicted octanol–water partition coefficient (Wildman–Crippen LogP) is 20.4. The number of aromatic amines is 2. The highest BCUT2D eigenvalue weighted by atomic mass is 35.5. The van der Waals surface area contributed by atoms with E-state index in [0.29, 0.717) is 49.8 Å². The summed E-state index contributed by atoms with van der Waals surface area (Å²) < 4.78 is 12.4. The fraction of sp³-hybridized carbons (Fsp3) is 0.0959. The molecule has 11 aromatic carbocycles. The van der Waals surface area contributed by atoms with Crippen LogP contribution in [0, 0.1) is 18.8 Å². The molecular formula is C73H55Cl2N9O4. The zero-order valence-electron chi connectivity index (χ0n) is 48.6. The molecule has 2 heterocycles. The third-order valence-electron chi connectivity index (χ3n) is 15.9. The van der Waals surface area contributed by atoms with Crippen LogP contribution in [0.5, 0.6) is 11.5 Å². The van der Waals surface area contributed by atoms with Crippen molar-refractivity contribution < 1.29 is 19.1 Å². The van der Waals surface area contributed by atoms with Crippen molar-refractivity contribution in [2.24, 2.45) is 20.5 Å². The molecule has 0 fully saturated rings. The fourth-order valence-electron chi connectivity index (χ4n) is 11.7. The van der Waals surface area contributed by atoms with Gasteiger partial charge in [-0.15, -0.1) is 10.2 Å². The maximum atomic E-state index is 14.7. The topological polar surface area (TPSA) is 136 Å². The highest BCUT2D eigenvalue weighted by Gasteiger charge is 2.27. The van der Waals surface area contributed by atoms with Gasteiger partial charge in [0.05, 0.1) is 60.5 Å². The number of nitrogens with one attached hydrogen (secondary N) is 2. The number of para-hydroxylation sites is 3. The number of aryl methyl sites for hydroxylation is 1. The summed E-state index contributed by atoms with van der Waals surface area (Å²) in [5.74, 6) is 5.82. The molecule has 2 aromatic heterocycles. The monoisotopic (exact) mass is 1190 g/mol. The number of ether oxygens (including phenoxy) is 2. The van der Waals surface area contributed by atoms with Gasteiger partial charge >= 0.3 is 0 Å². The first-order chi connectivity index (χ1) is 43.0. The Labute approximate surface area is 518 Å². The Bertz CT molecular complexity index is 4990. The maximum Gasteiger partial charge on any atom is 0.261 e. The zero-order valence-corrected chi connectivity index (χ0v) is 50.1. The summed E-state index contributed by atoms with van der Waals surface area (Å²) in [5.41, 5.74) is 12.7. The van der Waals surface area contributed by atoms with Crippen molar-refractivity contribution in [1.29, 1.82) is 0 Å². The molecule has 0 unspecified atom stereocenters. The lowest BCUT2D eigenvalue weighted by molar-refractivity contribution is 0.0990. The van der Waals surface area contributed by atoms with Crippen molar-refractivity contribution in [3.05, 3.63) is 239 Å². The number of aromatic nitrogens is 2. The van der Waals surface area contributed by atoms with Gasteiger partial charge < -0.3 is 29.2 Å². The quantitative estimate of drug-likeness (QED) is 0.0562. The van der Waals surface area contributed by atoms with Gasteiger partial charge in [0.2, 0.25) is 0 Å². The van der Waals surface area contributed by atoms with Crippen molar-refractivity contribution in [3.8, 4) is 23.3 Å². The van der Waals surface area contributed by atoms with Gasteiger partial charge in [-0.3, -0.25) is 14.7 Å². The van der Waals surface area contributed by atoms with Crippen LogP contribution in [0.2, 0.25) is 10.0 Å². The van der Waals surface area contributed by atoms with E-state index in [1.807, 2.05) is 170 Å². The van der Waals surface area contributed by atoms with Gasteiger partial charge in [0.25, 0.3) is 5.91 Å². The first kappa shape index (κ1) is 56.6. The van der Waals surface area contributed by atoms with Crippen molar-refractivity contribution >= 4 is 145 Å². The van der Waals surface area contributed by atoms with Crippen LogP contribution in [0.3, 0.4) is 0 Å². The van der Waals surface area contributed by atoms with Gasteiger partial charge in [-0.05, 0) is 150 Å². The summed E-state index contributed by atoms with van der Waals surface area (Å²) in [6, 6.07) is 65.0. The minimum absolute atomic E-state index is 0.208. The first-order valence-corrected chi connectivity index (χ1v) is 29.2. The molecule has 0 saturated carbocycles. The minimum atomic E-state index is -0.344. The molecule has 88 heavy (non-hydrogen) atoms. The van der Waals surface area contributed by atoms with Crippen LogP contribution in [0.15, 0.2) is 221 Å². The van der Waals surface area contributed by atoms with Crippen molar-refractivity contribution in [3.63, 3.8) is 0 Å². The number of hydrogen-bond acceptors (Lipinski definition) is 10. The highest BCUT2D eigenvalue weighted by Crippen LogP contribution is 2.48. The molecule has 0 aliphatic carbocycles. The smallest absolute Gasteiger partial charge is 0.261 e. The van der Waals surface area contributed by atoms with E-state index in [9.17, 15) is 4.79 Å². The fourth-order valence-corrected chi connectivity index (χ4v) is 12.0. The number of fused-ring (bicyclic) bond motifs is 10. The summed E-state index contributed by atoms with van der Waals surface area (Å²) in [6.07, 6.45) is 0.863. The number of anilines is 5. The third-order valence-corrected chi connectivity index (χ3v) is 16.4. The maximum absolute atomic E-state index is 14.7. The number of amides is 1. The molecular weight excluding hydrogens is 1140 g/mol. The van der Waals surface area contributed by atoms with Crippen LogP contribution in [0.4, 0.5) is 51.2 Å². The Balaban J connectivity index is 0.852. The van der Waals surface area contributed by atoms with Crippen LogP contribution in [0.1, 0.15) is 34.0 Å². The van der Waals surface area contributed by atoms with Gasteiger partial charge in [-0.25, -0.2) is 0 Å². The number of carbonyl (C=O) groups excluding carboxylic acids is 1. The number of azo groups is 2. The van der Waals surface area contributed by atoms with Crippen molar-refractivity contribution in [1.82, 2.24) is 9.97 Å². The van der Waals surface area contributed by atoms with E-state index in [-0.39, 0.29) is 23.8 Å². The van der Waals surface area contributed by atoms with Crippen molar-refractivity contribution in [2.75, 3.05) is 43.2 Å². The molecule has 0 atom stereocenters. The average molecular weight is 1190 g/mol. The summed E-state index contributed by atoms with van der Waals surface area (Å²) in [5, 5.41) is 29.9. The molecule has 13 rings (SSSR count). The molecule has 15 heteroatoms. The molecule has 0 spiro atoms. The summed E-state index contributed by atoms with van der Waals surface area (Å²) in [4.78, 5) is 32.1. The molecule has 1 amide bonds. The Morgan fingerprint density at radius 2 is 1.07 bits per heavy atom. The number of carbonyl (C=O) groups is 1. The summed E-state index contributed by atoms with van der Waals surface area (Å²) in [6.45, 7) is 7.99. The molecule has 0 bridgehead atoms. The van der Waals surface area contributed by atoms with E-state index < -0.39 is 0 Å². The largest absolute Gasteiger partial charge is 0.494 e. The van der Waals surface area contributed by atoms with Gasteiger partial charge in [-0.1, -0.05) is 115 Å². The zero-order chi connectivity index (χ0) is 60.6. The van der Waals surface area contributed by atoms with Crippen LogP contribution in [0.25, 0.3) is 65.2 Å². The Hall–Kier alpha value is -10.5. The standard InChI is InChI=1S/C73H55Cl2N9O4/c1-7-16-45-18-13-14-21-63(45)82(3)73(85)60-40-47-24-36-57-59-42-50(75)26-38-62(59)77-68(57)66(47)70(72(60)87-6)81-79-52-29-33-55(34-30-52)84(53-19-10-9-11-20-53)54-31-27-51(28-32-54)78-80-69-65-46(23-35-56-58-41-49(74)25-37-61(58)76-67(56)65)39-48(71(69)86-5)43-88-83(4)64-22-15-12-17-44(64)8-2/h1,9-15,17-42,76-77H,8,43H2,2-6H3. The number of halogens is 2. The van der Waals surface area contributed by atoms with E-state index in [1.54, 1.807) is 14.2 Å². The van der Waals surface area contributed by atoms with Crippen LogP contribution in [-0.4, -0.2) is 44.2 Å². The molecule has 0 aliphatic rings. The van der Waals surface area contributed by atoms with Gasteiger partial charge in [-0.2, -0.15) is 10.2 Å².